The second-order valence-electron chi connectivity index (χ2n) is 3.47. The largest absolute Gasteiger partial charge is 0.493 e. The second kappa shape index (κ2) is 4.87. The maximum Gasteiger partial charge on any atom is 0.124 e. The molecule has 0 aliphatic carbocycles. The predicted molar refractivity (Wildman–Crippen MR) is 52.7 cm³/mol. The molecule has 0 heterocycles. The lowest BCUT2D eigenvalue weighted by atomic mass is 10.2. The van der Waals surface area contributed by atoms with Crippen molar-refractivity contribution in [2.24, 2.45) is 5.92 Å². The number of aliphatic hydroxyl groups excluding tert-OH is 1. The van der Waals surface area contributed by atoms with Crippen LogP contribution in [0.2, 0.25) is 0 Å². The SMILES string of the molecule is CC(C)COc1ccccc1CO. The third-order valence-electron chi connectivity index (χ3n) is 1.72. The summed E-state index contributed by atoms with van der Waals surface area (Å²) in [5, 5.41) is 9.00. The Balaban J connectivity index is 2.64. The quantitative estimate of drug-likeness (QED) is 0.769. The van der Waals surface area contributed by atoms with Crippen LogP contribution in [0.25, 0.3) is 0 Å². The van der Waals surface area contributed by atoms with E-state index in [1.165, 1.54) is 0 Å². The summed E-state index contributed by atoms with van der Waals surface area (Å²) in [4.78, 5) is 0. The Kier molecular flexibility index (Phi) is 3.77. The summed E-state index contributed by atoms with van der Waals surface area (Å²) in [7, 11) is 0. The van der Waals surface area contributed by atoms with Gasteiger partial charge in [-0.3, -0.25) is 0 Å². The van der Waals surface area contributed by atoms with Gasteiger partial charge in [0, 0.05) is 5.56 Å². The van der Waals surface area contributed by atoms with Gasteiger partial charge in [0.25, 0.3) is 0 Å². The van der Waals surface area contributed by atoms with Gasteiger partial charge in [0.05, 0.1) is 13.2 Å². The highest BCUT2D eigenvalue weighted by Gasteiger charge is 2.01. The van der Waals surface area contributed by atoms with Gasteiger partial charge in [-0.25, -0.2) is 0 Å². The first-order valence-electron chi connectivity index (χ1n) is 4.55. The Labute approximate surface area is 79.2 Å². The standard InChI is InChI=1S/C11H16O2/c1-9(2)8-13-11-6-4-3-5-10(11)7-12/h3-6,9,12H,7-8H2,1-2H3. The summed E-state index contributed by atoms with van der Waals surface area (Å²) >= 11 is 0. The third-order valence-corrected chi connectivity index (χ3v) is 1.72. The maximum atomic E-state index is 9.00. The first-order chi connectivity index (χ1) is 6.24. The summed E-state index contributed by atoms with van der Waals surface area (Å²) in [6.45, 7) is 4.93. The normalized spacial score (nSPS) is 10.5. The van der Waals surface area contributed by atoms with Gasteiger partial charge in [-0.05, 0) is 12.0 Å². The minimum Gasteiger partial charge on any atom is -0.493 e. The molecule has 13 heavy (non-hydrogen) atoms. The molecule has 0 aromatic heterocycles. The highest BCUT2D eigenvalue weighted by Crippen LogP contribution is 2.18. The fourth-order valence-electron chi connectivity index (χ4n) is 1.03. The minimum absolute atomic E-state index is 0.0360. The fraction of sp³-hybridized carbons (Fsp3) is 0.455. The van der Waals surface area contributed by atoms with Crippen molar-refractivity contribution in [2.75, 3.05) is 6.61 Å². The van der Waals surface area contributed by atoms with Crippen LogP contribution in [-0.2, 0) is 6.61 Å². The van der Waals surface area contributed by atoms with E-state index in [9.17, 15) is 0 Å². The molecule has 0 amide bonds. The van der Waals surface area contributed by atoms with Crippen molar-refractivity contribution in [1.29, 1.82) is 0 Å². The molecule has 1 rings (SSSR count). The van der Waals surface area contributed by atoms with Gasteiger partial charge in [-0.2, -0.15) is 0 Å². The molecule has 1 aromatic rings. The van der Waals surface area contributed by atoms with E-state index in [4.69, 9.17) is 9.84 Å². The van der Waals surface area contributed by atoms with Gasteiger partial charge in [0.2, 0.25) is 0 Å². The van der Waals surface area contributed by atoms with Crippen LogP contribution in [0.1, 0.15) is 19.4 Å². The number of para-hydroxylation sites is 1. The average Bonchev–Trinajstić information content (AvgIpc) is 2.15. The summed E-state index contributed by atoms with van der Waals surface area (Å²) in [5.74, 6) is 1.30. The van der Waals surface area contributed by atoms with Gasteiger partial charge < -0.3 is 9.84 Å². The predicted octanol–water partition coefficient (Wildman–Crippen LogP) is 2.21. The lowest BCUT2D eigenvalue weighted by Gasteiger charge is -2.11. The molecule has 0 aliphatic rings. The third kappa shape index (κ3) is 3.07. The highest BCUT2D eigenvalue weighted by atomic mass is 16.5. The van der Waals surface area contributed by atoms with Crippen molar-refractivity contribution >= 4 is 0 Å². The zero-order chi connectivity index (χ0) is 9.68. The van der Waals surface area contributed by atoms with Gasteiger partial charge in [-0.1, -0.05) is 32.0 Å². The van der Waals surface area contributed by atoms with E-state index in [2.05, 4.69) is 13.8 Å². The molecule has 0 saturated carbocycles. The van der Waals surface area contributed by atoms with Crippen LogP contribution in [0.4, 0.5) is 0 Å². The molecule has 0 fully saturated rings. The molecule has 1 N–H and O–H groups in total. The van der Waals surface area contributed by atoms with Gasteiger partial charge in [0.15, 0.2) is 0 Å². The number of ether oxygens (including phenoxy) is 1. The van der Waals surface area contributed by atoms with Crippen molar-refractivity contribution in [1.82, 2.24) is 0 Å². The molecule has 2 nitrogen and oxygen atoms in total. The minimum atomic E-state index is 0.0360. The van der Waals surface area contributed by atoms with Gasteiger partial charge >= 0.3 is 0 Å². The summed E-state index contributed by atoms with van der Waals surface area (Å²) in [6.07, 6.45) is 0. The number of hydrogen-bond acceptors (Lipinski definition) is 2. The lowest BCUT2D eigenvalue weighted by molar-refractivity contribution is 0.246. The van der Waals surface area contributed by atoms with E-state index in [1.807, 2.05) is 24.3 Å². The van der Waals surface area contributed by atoms with E-state index >= 15 is 0 Å². The Hall–Kier alpha value is -1.02. The van der Waals surface area contributed by atoms with Crippen LogP contribution in [0.15, 0.2) is 24.3 Å². The van der Waals surface area contributed by atoms with Crippen molar-refractivity contribution in [3.8, 4) is 5.75 Å². The Morgan fingerprint density at radius 1 is 1.31 bits per heavy atom. The molecule has 1 aromatic carbocycles. The van der Waals surface area contributed by atoms with E-state index in [1.54, 1.807) is 0 Å². The molecule has 2 heteroatoms. The first kappa shape index (κ1) is 10.1. The molecule has 72 valence electrons. The smallest absolute Gasteiger partial charge is 0.124 e. The molecule has 0 atom stereocenters. The number of aliphatic hydroxyl groups is 1. The second-order valence-corrected chi connectivity index (χ2v) is 3.47. The summed E-state index contributed by atoms with van der Waals surface area (Å²) < 4.78 is 5.53. The zero-order valence-electron chi connectivity index (χ0n) is 8.16. The van der Waals surface area contributed by atoms with Gasteiger partial charge in [-0.15, -0.1) is 0 Å². The van der Waals surface area contributed by atoms with E-state index < -0.39 is 0 Å². The van der Waals surface area contributed by atoms with Crippen molar-refractivity contribution in [3.05, 3.63) is 29.8 Å². The van der Waals surface area contributed by atoms with Crippen molar-refractivity contribution in [2.45, 2.75) is 20.5 Å². The molecular weight excluding hydrogens is 164 g/mol. The lowest BCUT2D eigenvalue weighted by Crippen LogP contribution is -2.06. The monoisotopic (exact) mass is 180 g/mol. The van der Waals surface area contributed by atoms with Crippen LogP contribution >= 0.6 is 0 Å². The van der Waals surface area contributed by atoms with Crippen LogP contribution in [-0.4, -0.2) is 11.7 Å². The summed E-state index contributed by atoms with van der Waals surface area (Å²) in [5.41, 5.74) is 0.850. The highest BCUT2D eigenvalue weighted by molar-refractivity contribution is 5.32. The van der Waals surface area contributed by atoms with Crippen LogP contribution in [0.5, 0.6) is 5.75 Å². The number of rotatable bonds is 4. The van der Waals surface area contributed by atoms with Gasteiger partial charge in [0.1, 0.15) is 5.75 Å². The molecule has 0 saturated heterocycles. The topological polar surface area (TPSA) is 29.5 Å². The van der Waals surface area contributed by atoms with E-state index in [-0.39, 0.29) is 6.61 Å². The van der Waals surface area contributed by atoms with Crippen molar-refractivity contribution in [3.63, 3.8) is 0 Å². The molecule has 0 bridgehead atoms. The molecule has 0 radical (unpaired) electrons. The molecule has 0 aliphatic heterocycles. The van der Waals surface area contributed by atoms with E-state index in [0.717, 1.165) is 11.3 Å². The zero-order valence-corrected chi connectivity index (χ0v) is 8.16. The Morgan fingerprint density at radius 2 is 2.00 bits per heavy atom. The molecular formula is C11H16O2. The Morgan fingerprint density at radius 3 is 2.62 bits per heavy atom. The van der Waals surface area contributed by atoms with E-state index in [0.29, 0.717) is 12.5 Å². The summed E-state index contributed by atoms with van der Waals surface area (Å²) in [6, 6.07) is 7.56. The maximum absolute atomic E-state index is 9.00. The van der Waals surface area contributed by atoms with Crippen LogP contribution in [0, 0.1) is 5.92 Å². The fourth-order valence-corrected chi connectivity index (χ4v) is 1.03. The Bertz CT molecular complexity index is 256. The van der Waals surface area contributed by atoms with Crippen LogP contribution < -0.4 is 4.74 Å². The average molecular weight is 180 g/mol. The molecule has 0 spiro atoms. The number of benzene rings is 1. The van der Waals surface area contributed by atoms with Crippen LogP contribution in [0.3, 0.4) is 0 Å². The van der Waals surface area contributed by atoms with Crippen molar-refractivity contribution < 1.29 is 9.84 Å². The molecule has 0 unspecified atom stereocenters. The first-order valence-corrected chi connectivity index (χ1v) is 4.55. The number of hydrogen-bond donors (Lipinski definition) is 1.